The first-order valence-electron chi connectivity index (χ1n) is 7.85. The maximum absolute atomic E-state index is 12.7. The number of hydrogen-bond acceptors (Lipinski definition) is 7. The van der Waals surface area contributed by atoms with Crippen molar-refractivity contribution in [2.75, 3.05) is 6.54 Å². The lowest BCUT2D eigenvalue weighted by Gasteiger charge is -2.14. The van der Waals surface area contributed by atoms with Crippen LogP contribution in [-0.4, -0.2) is 32.8 Å². The van der Waals surface area contributed by atoms with Crippen LogP contribution in [0, 0.1) is 0 Å². The van der Waals surface area contributed by atoms with Crippen LogP contribution in [0.15, 0.2) is 46.8 Å². The van der Waals surface area contributed by atoms with Gasteiger partial charge in [-0.15, -0.1) is 16.8 Å². The lowest BCUT2D eigenvalue weighted by atomic mass is 10.2. The minimum atomic E-state index is -0.175. The van der Waals surface area contributed by atoms with Crippen molar-refractivity contribution in [3.8, 4) is 0 Å². The van der Waals surface area contributed by atoms with Gasteiger partial charge in [0, 0.05) is 11.6 Å². The van der Waals surface area contributed by atoms with Gasteiger partial charge in [0.05, 0.1) is 4.91 Å². The first-order valence-corrected chi connectivity index (χ1v) is 9.87. The van der Waals surface area contributed by atoms with Gasteiger partial charge in [-0.3, -0.25) is 4.79 Å². The van der Waals surface area contributed by atoms with E-state index in [2.05, 4.69) is 27.2 Å². The summed E-state index contributed by atoms with van der Waals surface area (Å²) in [6, 6.07) is 7.29. The summed E-state index contributed by atoms with van der Waals surface area (Å²) < 4.78 is 0. The van der Waals surface area contributed by atoms with Crippen LogP contribution in [0.4, 0.5) is 5.13 Å². The smallest absolute Gasteiger partial charge is 0.267 e. The molecule has 2 heterocycles. The molecule has 1 aliphatic rings. The summed E-state index contributed by atoms with van der Waals surface area (Å²) in [4.78, 5) is 17.8. The number of amides is 1. The number of aliphatic imine (C=N–C) groups is 1. The molecule has 1 aromatic heterocycles. The molecule has 1 N–H and O–H groups in total. The van der Waals surface area contributed by atoms with E-state index >= 15 is 0 Å². The molecule has 6 nitrogen and oxygen atoms in total. The number of carbonyl (C=O) groups excluding carboxylic acids is 1. The largest absolute Gasteiger partial charge is 0.281 e. The molecule has 1 aromatic carbocycles. The van der Waals surface area contributed by atoms with Crippen molar-refractivity contribution in [2.45, 2.75) is 13.3 Å². The number of hydrazine groups is 1. The van der Waals surface area contributed by atoms with Gasteiger partial charge in [0.25, 0.3) is 5.91 Å². The van der Waals surface area contributed by atoms with Gasteiger partial charge in [-0.05, 0) is 42.0 Å². The summed E-state index contributed by atoms with van der Waals surface area (Å²) in [6.45, 7) is 6.12. The number of nitrogens with one attached hydrogen (secondary N) is 1. The number of amidine groups is 1. The first-order chi connectivity index (χ1) is 12.6. The van der Waals surface area contributed by atoms with Crippen molar-refractivity contribution in [1.82, 2.24) is 20.6 Å². The molecule has 0 bridgehead atoms. The third-order valence-electron chi connectivity index (χ3n) is 3.32. The Balaban J connectivity index is 1.90. The number of hydrogen-bond donors (Lipinski definition) is 1. The Morgan fingerprint density at radius 1 is 1.35 bits per heavy atom. The molecular weight excluding hydrogens is 390 g/mol. The van der Waals surface area contributed by atoms with Gasteiger partial charge in [0.2, 0.25) is 5.13 Å². The number of benzene rings is 1. The van der Waals surface area contributed by atoms with Crippen molar-refractivity contribution in [3.05, 3.63) is 57.4 Å². The molecule has 1 aliphatic heterocycles. The lowest BCUT2D eigenvalue weighted by Crippen LogP contribution is -2.41. The SMILES string of the molecule is C=CCNN1C(=O)/C(=C\c2ccc(Cl)cc2)SC1=Nc1nnc(CC)s1. The zero-order valence-corrected chi connectivity index (χ0v) is 16.4. The zero-order valence-electron chi connectivity index (χ0n) is 14.0. The van der Waals surface area contributed by atoms with Crippen molar-refractivity contribution in [3.63, 3.8) is 0 Å². The van der Waals surface area contributed by atoms with Gasteiger partial charge in [0.15, 0.2) is 5.17 Å². The average Bonchev–Trinajstić information content (AvgIpc) is 3.21. The van der Waals surface area contributed by atoms with Crippen molar-refractivity contribution >= 4 is 57.0 Å². The molecule has 3 rings (SSSR count). The van der Waals surface area contributed by atoms with Crippen LogP contribution in [-0.2, 0) is 11.2 Å². The number of rotatable bonds is 6. The third-order valence-corrected chi connectivity index (χ3v) is 5.50. The number of nitrogens with zero attached hydrogens (tertiary/aromatic N) is 4. The Kier molecular flexibility index (Phi) is 6.20. The van der Waals surface area contributed by atoms with Crippen molar-refractivity contribution < 1.29 is 4.79 Å². The molecule has 0 spiro atoms. The Morgan fingerprint density at radius 2 is 2.12 bits per heavy atom. The van der Waals surface area contributed by atoms with Gasteiger partial charge in [-0.1, -0.05) is 48.1 Å². The summed E-state index contributed by atoms with van der Waals surface area (Å²) in [6.07, 6.45) is 4.29. The summed E-state index contributed by atoms with van der Waals surface area (Å²) in [5, 5.41) is 12.1. The van der Waals surface area contributed by atoms with E-state index in [1.54, 1.807) is 18.2 Å². The second-order valence-electron chi connectivity index (χ2n) is 5.18. The normalized spacial score (nSPS) is 17.5. The Bertz CT molecular complexity index is 876. The molecule has 1 amide bonds. The fourth-order valence-corrected chi connectivity index (χ4v) is 3.84. The van der Waals surface area contributed by atoms with Crippen molar-refractivity contribution in [2.24, 2.45) is 4.99 Å². The van der Waals surface area contributed by atoms with Crippen LogP contribution in [0.1, 0.15) is 17.5 Å². The van der Waals surface area contributed by atoms with Gasteiger partial charge in [-0.25, -0.2) is 10.4 Å². The molecular formula is C17H16ClN5OS2. The molecule has 134 valence electrons. The standard InChI is InChI=1S/C17H16ClN5OS2/c1-3-9-19-23-15(24)13(10-11-5-7-12(18)8-6-11)25-17(23)20-16-22-21-14(4-2)26-16/h3,5-8,10,19H,1,4,9H2,2H3/b13-10+,20-17?. The fourth-order valence-electron chi connectivity index (χ4n) is 2.07. The fraction of sp³-hybridized carbons (Fsp3) is 0.176. The quantitative estimate of drug-likeness (QED) is 0.580. The van der Waals surface area contributed by atoms with Gasteiger partial charge >= 0.3 is 0 Å². The van der Waals surface area contributed by atoms with Crippen molar-refractivity contribution in [1.29, 1.82) is 0 Å². The highest BCUT2D eigenvalue weighted by Crippen LogP contribution is 2.33. The van der Waals surface area contributed by atoms with E-state index in [1.165, 1.54) is 28.1 Å². The van der Waals surface area contributed by atoms with E-state index in [-0.39, 0.29) is 5.91 Å². The summed E-state index contributed by atoms with van der Waals surface area (Å²) in [5.74, 6) is -0.175. The van der Waals surface area contributed by atoms with Crippen LogP contribution in [0.2, 0.25) is 5.02 Å². The molecule has 0 aliphatic carbocycles. The zero-order chi connectivity index (χ0) is 18.5. The molecule has 1 fully saturated rings. The molecule has 0 unspecified atom stereocenters. The minimum Gasteiger partial charge on any atom is -0.267 e. The maximum atomic E-state index is 12.7. The number of halogens is 1. The monoisotopic (exact) mass is 405 g/mol. The van der Waals surface area contributed by atoms with E-state index in [9.17, 15) is 4.79 Å². The third kappa shape index (κ3) is 4.39. The minimum absolute atomic E-state index is 0.175. The van der Waals surface area contributed by atoms with Crippen LogP contribution in [0.25, 0.3) is 6.08 Å². The van der Waals surface area contributed by atoms with E-state index < -0.39 is 0 Å². The van der Waals surface area contributed by atoms with Crippen LogP contribution >= 0.6 is 34.7 Å². The Hall–Kier alpha value is -2.00. The Labute approximate surface area is 164 Å². The number of carbonyl (C=O) groups is 1. The summed E-state index contributed by atoms with van der Waals surface area (Å²) in [5.41, 5.74) is 3.89. The molecule has 9 heteroatoms. The topological polar surface area (TPSA) is 70.5 Å². The van der Waals surface area contributed by atoms with Crippen LogP contribution < -0.4 is 5.43 Å². The molecule has 0 atom stereocenters. The summed E-state index contributed by atoms with van der Waals surface area (Å²) in [7, 11) is 0. The highest BCUT2D eigenvalue weighted by Gasteiger charge is 2.33. The van der Waals surface area contributed by atoms with E-state index in [4.69, 9.17) is 11.6 Å². The van der Waals surface area contributed by atoms with Crippen LogP contribution in [0.5, 0.6) is 0 Å². The highest BCUT2D eigenvalue weighted by molar-refractivity contribution is 8.18. The van der Waals surface area contributed by atoms with E-state index in [0.717, 1.165) is 17.0 Å². The van der Waals surface area contributed by atoms with Gasteiger partial charge in [-0.2, -0.15) is 4.99 Å². The average molecular weight is 406 g/mol. The number of aromatic nitrogens is 2. The molecule has 0 radical (unpaired) electrons. The number of thioether (sulfide) groups is 1. The molecule has 1 saturated heterocycles. The first kappa shape index (κ1) is 18.8. The van der Waals surface area contributed by atoms with E-state index in [0.29, 0.717) is 26.8 Å². The Morgan fingerprint density at radius 3 is 2.77 bits per heavy atom. The molecule has 26 heavy (non-hydrogen) atoms. The second-order valence-corrected chi connectivity index (χ2v) is 7.67. The predicted molar refractivity (Wildman–Crippen MR) is 108 cm³/mol. The molecule has 2 aromatic rings. The summed E-state index contributed by atoms with van der Waals surface area (Å²) >= 11 is 8.61. The highest BCUT2D eigenvalue weighted by atomic mass is 35.5. The van der Waals surface area contributed by atoms with Gasteiger partial charge in [0.1, 0.15) is 5.01 Å². The predicted octanol–water partition coefficient (Wildman–Crippen LogP) is 4.05. The number of aryl methyl sites for hydroxylation is 1. The lowest BCUT2D eigenvalue weighted by molar-refractivity contribution is -0.124. The maximum Gasteiger partial charge on any atom is 0.281 e. The molecule has 0 saturated carbocycles. The van der Waals surface area contributed by atoms with E-state index in [1.807, 2.05) is 25.1 Å². The van der Waals surface area contributed by atoms with Gasteiger partial charge < -0.3 is 0 Å². The van der Waals surface area contributed by atoms with Crippen LogP contribution in [0.3, 0.4) is 0 Å². The second kappa shape index (κ2) is 8.59.